The van der Waals surface area contributed by atoms with Crippen molar-refractivity contribution in [1.29, 1.82) is 0 Å². The van der Waals surface area contributed by atoms with Crippen LogP contribution in [0.4, 0.5) is 0 Å². The molecule has 0 spiro atoms. The third-order valence-electron chi connectivity index (χ3n) is 12.9. The normalized spacial score (nSPS) is 11.5. The van der Waals surface area contributed by atoms with E-state index in [-0.39, 0.29) is 0 Å². The highest BCUT2D eigenvalue weighted by molar-refractivity contribution is 6.20. The summed E-state index contributed by atoms with van der Waals surface area (Å²) in [6, 6.07) is 80.0. The number of hydrogen-bond acceptors (Lipinski definition) is 5. The summed E-state index contributed by atoms with van der Waals surface area (Å²) in [5, 5.41) is 4.25. The third kappa shape index (κ3) is 6.74. The number of hydrogen-bond donors (Lipinski definition) is 0. The highest BCUT2D eigenvalue weighted by atomic mass is 16.3. The van der Waals surface area contributed by atoms with Gasteiger partial charge in [0.1, 0.15) is 11.2 Å². The smallest absolute Gasteiger partial charge is 0.166 e. The Hall–Kier alpha value is -9.26. The number of benzene rings is 9. The lowest BCUT2D eigenvalue weighted by molar-refractivity contribution is 0.669. The van der Waals surface area contributed by atoms with Crippen molar-refractivity contribution >= 4 is 43.7 Å². The van der Waals surface area contributed by atoms with E-state index in [2.05, 4.69) is 162 Å². The predicted octanol–water partition coefficient (Wildman–Crippen LogP) is 15.9. The molecule has 0 aliphatic rings. The largest absolute Gasteiger partial charge is 0.456 e. The molecule has 6 nitrogen and oxygen atoms in total. The zero-order valence-corrected chi connectivity index (χ0v) is 36.7. The van der Waals surface area contributed by atoms with Crippen LogP contribution in [0.5, 0.6) is 0 Å². The lowest BCUT2D eigenvalue weighted by atomic mass is 9.90. The van der Waals surface area contributed by atoms with Crippen LogP contribution in [0.2, 0.25) is 0 Å². The van der Waals surface area contributed by atoms with Crippen molar-refractivity contribution in [2.24, 2.45) is 0 Å². The van der Waals surface area contributed by atoms with E-state index < -0.39 is 0 Å². The molecule has 0 bridgehead atoms. The molecule has 0 N–H and O–H groups in total. The van der Waals surface area contributed by atoms with Crippen LogP contribution in [-0.2, 0) is 0 Å². The molecular formula is C62H39N5O. The van der Waals surface area contributed by atoms with Crippen molar-refractivity contribution in [1.82, 2.24) is 24.5 Å². The van der Waals surface area contributed by atoms with Gasteiger partial charge in [-0.2, -0.15) is 0 Å². The Morgan fingerprint density at radius 1 is 0.324 bits per heavy atom. The van der Waals surface area contributed by atoms with Gasteiger partial charge in [-0.1, -0.05) is 182 Å². The number of fused-ring (bicyclic) bond motifs is 6. The standard InChI is InChI=1S/C62H39N5O/c1-6-19-40(20-7-1)44-33-34-47(41-21-8-2-9-22-41)50(35-44)45-36-53(62-65-60(42-23-10-3-11-24-42)64-61(66-62)43-25-12-4-13-26-43)59(63-39-45)49-30-18-32-56-58(49)52-37-55-51(38-57(52)68-56)48-29-16-17-31-54(48)67(55)46-27-14-5-15-28-46/h1-39H. The number of aromatic nitrogens is 5. The molecule has 0 amide bonds. The number of pyridine rings is 1. The van der Waals surface area contributed by atoms with Crippen LogP contribution in [0, 0.1) is 0 Å². The fourth-order valence-electron chi connectivity index (χ4n) is 9.73. The van der Waals surface area contributed by atoms with E-state index in [9.17, 15) is 0 Å². The zero-order valence-electron chi connectivity index (χ0n) is 36.7. The Kier molecular flexibility index (Phi) is 9.39. The van der Waals surface area contributed by atoms with Gasteiger partial charge in [-0.25, -0.2) is 15.0 Å². The fraction of sp³-hybridized carbons (Fsp3) is 0. The molecule has 6 heteroatoms. The van der Waals surface area contributed by atoms with Gasteiger partial charge in [0.15, 0.2) is 17.5 Å². The van der Waals surface area contributed by atoms with Crippen LogP contribution in [-0.4, -0.2) is 24.5 Å². The number of rotatable bonds is 8. The quantitative estimate of drug-likeness (QED) is 0.152. The van der Waals surface area contributed by atoms with Gasteiger partial charge in [-0.15, -0.1) is 0 Å². The summed E-state index contributed by atoms with van der Waals surface area (Å²) >= 11 is 0. The highest BCUT2D eigenvalue weighted by Crippen LogP contribution is 2.45. The van der Waals surface area contributed by atoms with Gasteiger partial charge in [-0.05, 0) is 76.3 Å². The van der Waals surface area contributed by atoms with Crippen molar-refractivity contribution in [3.8, 4) is 84.5 Å². The van der Waals surface area contributed by atoms with Gasteiger partial charge in [-0.3, -0.25) is 4.98 Å². The van der Waals surface area contributed by atoms with E-state index in [0.29, 0.717) is 17.5 Å². The van der Waals surface area contributed by atoms with Gasteiger partial charge < -0.3 is 8.98 Å². The van der Waals surface area contributed by atoms with Crippen LogP contribution in [0.1, 0.15) is 0 Å². The second-order valence-electron chi connectivity index (χ2n) is 17.0. The maximum Gasteiger partial charge on any atom is 0.166 e. The topological polar surface area (TPSA) is 69.6 Å². The molecule has 68 heavy (non-hydrogen) atoms. The van der Waals surface area contributed by atoms with Crippen LogP contribution >= 0.6 is 0 Å². The first-order chi connectivity index (χ1) is 33.7. The minimum atomic E-state index is 0.513. The summed E-state index contributed by atoms with van der Waals surface area (Å²) in [6.07, 6.45) is 2.00. The summed E-state index contributed by atoms with van der Waals surface area (Å²) in [5.41, 5.74) is 15.5. The van der Waals surface area contributed by atoms with Gasteiger partial charge in [0.25, 0.3) is 0 Å². The molecule has 13 aromatic rings. The molecule has 0 atom stereocenters. The molecule has 0 aliphatic heterocycles. The Balaban J connectivity index is 1.10. The molecule has 0 fully saturated rings. The second kappa shape index (κ2) is 16.3. The van der Waals surface area contributed by atoms with Gasteiger partial charge in [0, 0.05) is 61.2 Å². The molecule has 9 aromatic carbocycles. The number of para-hydroxylation sites is 2. The van der Waals surface area contributed by atoms with Crippen LogP contribution in [0.3, 0.4) is 0 Å². The minimum absolute atomic E-state index is 0.513. The molecule has 4 aromatic heterocycles. The van der Waals surface area contributed by atoms with Crippen molar-refractivity contribution in [2.75, 3.05) is 0 Å². The number of nitrogens with zero attached hydrogens (tertiary/aromatic N) is 5. The average Bonchev–Trinajstić information content (AvgIpc) is 3.95. The maximum absolute atomic E-state index is 6.82. The molecule has 0 radical (unpaired) electrons. The molecule has 13 rings (SSSR count). The van der Waals surface area contributed by atoms with Gasteiger partial charge in [0.2, 0.25) is 0 Å². The Bertz CT molecular complexity index is 3940. The van der Waals surface area contributed by atoms with E-state index in [1.807, 2.05) is 79.0 Å². The fourth-order valence-corrected chi connectivity index (χ4v) is 9.73. The first kappa shape index (κ1) is 39.1. The average molecular weight is 870 g/mol. The molecule has 4 heterocycles. The minimum Gasteiger partial charge on any atom is -0.456 e. The van der Waals surface area contributed by atoms with E-state index in [0.717, 1.165) is 111 Å². The molecular weight excluding hydrogens is 831 g/mol. The number of furan rings is 1. The first-order valence-electron chi connectivity index (χ1n) is 22.8. The van der Waals surface area contributed by atoms with E-state index in [1.54, 1.807) is 0 Å². The molecule has 0 aliphatic carbocycles. The van der Waals surface area contributed by atoms with Crippen molar-refractivity contribution in [3.05, 3.63) is 237 Å². The van der Waals surface area contributed by atoms with Crippen molar-refractivity contribution in [3.63, 3.8) is 0 Å². The maximum atomic E-state index is 6.82. The SMILES string of the molecule is c1ccc(-c2ccc(-c3ccccc3)c(-c3cnc(-c4cccc5oc6cc7c8ccccc8n(-c8ccccc8)c7cc6c45)c(-c4nc(-c5ccccc5)nc(-c5ccccc5)n4)c3)c2)cc1. The van der Waals surface area contributed by atoms with Crippen LogP contribution in [0.25, 0.3) is 128 Å². The molecule has 0 saturated carbocycles. The molecule has 0 saturated heterocycles. The zero-order chi connectivity index (χ0) is 45.0. The predicted molar refractivity (Wildman–Crippen MR) is 277 cm³/mol. The Morgan fingerprint density at radius 2 is 0.912 bits per heavy atom. The molecule has 318 valence electrons. The summed E-state index contributed by atoms with van der Waals surface area (Å²) in [6.45, 7) is 0. The van der Waals surface area contributed by atoms with E-state index >= 15 is 0 Å². The van der Waals surface area contributed by atoms with Crippen molar-refractivity contribution < 1.29 is 4.42 Å². The summed E-state index contributed by atoms with van der Waals surface area (Å²) in [4.78, 5) is 21.2. The third-order valence-corrected chi connectivity index (χ3v) is 12.9. The van der Waals surface area contributed by atoms with Crippen LogP contribution in [0.15, 0.2) is 241 Å². The second-order valence-corrected chi connectivity index (χ2v) is 17.0. The first-order valence-corrected chi connectivity index (χ1v) is 22.8. The summed E-state index contributed by atoms with van der Waals surface area (Å²) in [7, 11) is 0. The lowest BCUT2D eigenvalue weighted by Crippen LogP contribution is -2.02. The molecule has 0 unspecified atom stereocenters. The van der Waals surface area contributed by atoms with Crippen LogP contribution < -0.4 is 0 Å². The lowest BCUT2D eigenvalue weighted by Gasteiger charge is -2.16. The summed E-state index contributed by atoms with van der Waals surface area (Å²) < 4.78 is 9.17. The monoisotopic (exact) mass is 869 g/mol. The Labute approximate surface area is 392 Å². The Morgan fingerprint density at radius 3 is 1.60 bits per heavy atom. The summed E-state index contributed by atoms with van der Waals surface area (Å²) in [5.74, 6) is 1.66. The van der Waals surface area contributed by atoms with Crippen molar-refractivity contribution in [2.45, 2.75) is 0 Å². The van der Waals surface area contributed by atoms with Gasteiger partial charge in [0.05, 0.1) is 16.7 Å². The van der Waals surface area contributed by atoms with E-state index in [4.69, 9.17) is 24.4 Å². The van der Waals surface area contributed by atoms with Gasteiger partial charge >= 0.3 is 0 Å². The highest BCUT2D eigenvalue weighted by Gasteiger charge is 2.24. The van der Waals surface area contributed by atoms with E-state index in [1.165, 1.54) is 0 Å².